The molecule has 0 atom stereocenters. The third-order valence-electron chi connectivity index (χ3n) is 5.11. The number of carbonyl (C=O) groups is 1. The van der Waals surface area contributed by atoms with Gasteiger partial charge in [0.15, 0.2) is 0 Å². The van der Waals surface area contributed by atoms with E-state index in [2.05, 4.69) is 39.4 Å². The summed E-state index contributed by atoms with van der Waals surface area (Å²) in [6, 6.07) is 15.1. The van der Waals surface area contributed by atoms with Crippen molar-refractivity contribution >= 4 is 17.7 Å². The van der Waals surface area contributed by atoms with Gasteiger partial charge in [0.2, 0.25) is 5.91 Å². The lowest BCUT2D eigenvalue weighted by atomic mass is 10.1. The van der Waals surface area contributed by atoms with Crippen molar-refractivity contribution in [1.29, 1.82) is 0 Å². The minimum Gasteiger partial charge on any atom is -0.369 e. The van der Waals surface area contributed by atoms with E-state index in [-0.39, 0.29) is 5.91 Å². The number of hydrogen-bond donors (Lipinski definition) is 1. The summed E-state index contributed by atoms with van der Waals surface area (Å²) in [6.45, 7) is 5.46. The largest absolute Gasteiger partial charge is 0.416 e. The van der Waals surface area contributed by atoms with Crippen LogP contribution in [0.3, 0.4) is 0 Å². The van der Waals surface area contributed by atoms with Crippen molar-refractivity contribution in [3.05, 3.63) is 71.8 Å². The van der Waals surface area contributed by atoms with Gasteiger partial charge in [0, 0.05) is 44.5 Å². The van der Waals surface area contributed by atoms with Crippen LogP contribution in [0.4, 0.5) is 18.9 Å². The summed E-state index contributed by atoms with van der Waals surface area (Å²) in [5.74, 6) is -0.246. The number of anilines is 1. The Morgan fingerprint density at radius 2 is 1.63 bits per heavy atom. The Labute approximate surface area is 175 Å². The zero-order valence-electron chi connectivity index (χ0n) is 16.7. The first-order valence-corrected chi connectivity index (χ1v) is 10.1. The van der Waals surface area contributed by atoms with E-state index in [1.165, 1.54) is 30.0 Å². The van der Waals surface area contributed by atoms with Crippen LogP contribution in [0.5, 0.6) is 0 Å². The molecule has 0 spiro atoms. The van der Waals surface area contributed by atoms with Gasteiger partial charge in [0.1, 0.15) is 0 Å². The highest BCUT2D eigenvalue weighted by Gasteiger charge is 2.29. The van der Waals surface area contributed by atoms with Crippen molar-refractivity contribution in [1.82, 2.24) is 10.2 Å². The van der Waals surface area contributed by atoms with Gasteiger partial charge in [-0.25, -0.2) is 0 Å². The number of nitrogens with one attached hydrogen (secondary N) is 1. The molecule has 0 saturated carbocycles. The van der Waals surface area contributed by atoms with E-state index in [9.17, 15) is 18.0 Å². The second kappa shape index (κ2) is 10.3. The van der Waals surface area contributed by atoms with Crippen LogP contribution < -0.4 is 10.2 Å². The molecule has 2 aromatic carbocycles. The minimum atomic E-state index is -4.35. The van der Waals surface area contributed by atoms with E-state index in [0.717, 1.165) is 51.3 Å². The van der Waals surface area contributed by atoms with E-state index in [0.29, 0.717) is 12.1 Å². The van der Waals surface area contributed by atoms with E-state index in [1.807, 2.05) is 6.07 Å². The van der Waals surface area contributed by atoms with Crippen molar-refractivity contribution in [2.45, 2.75) is 12.6 Å². The zero-order valence-corrected chi connectivity index (χ0v) is 16.7. The fourth-order valence-corrected chi connectivity index (χ4v) is 3.40. The van der Waals surface area contributed by atoms with Crippen LogP contribution in [-0.2, 0) is 11.0 Å². The molecular weight excluding hydrogens is 391 g/mol. The number of carbonyl (C=O) groups excluding carboxylic acids is 1. The number of benzene rings is 2. The fourth-order valence-electron chi connectivity index (χ4n) is 3.40. The third-order valence-corrected chi connectivity index (χ3v) is 5.11. The van der Waals surface area contributed by atoms with Crippen molar-refractivity contribution in [3.8, 4) is 0 Å². The SMILES string of the molecule is O=C(/C=C/c1ccc(C(F)(F)F)cc1)NCCCN1CCN(c2ccccc2)CC1. The molecule has 1 heterocycles. The van der Waals surface area contributed by atoms with E-state index in [4.69, 9.17) is 0 Å². The van der Waals surface area contributed by atoms with Gasteiger partial charge in [-0.3, -0.25) is 9.69 Å². The molecule has 1 N–H and O–H groups in total. The van der Waals surface area contributed by atoms with Crippen LogP contribution in [0.25, 0.3) is 6.08 Å². The summed E-state index contributed by atoms with van der Waals surface area (Å²) in [6.07, 6.45) is -0.640. The van der Waals surface area contributed by atoms with Crippen LogP contribution in [0.15, 0.2) is 60.7 Å². The van der Waals surface area contributed by atoms with Crippen LogP contribution in [0.1, 0.15) is 17.5 Å². The second-order valence-electron chi connectivity index (χ2n) is 7.26. The molecule has 1 aliphatic rings. The Hall–Kier alpha value is -2.80. The average Bonchev–Trinajstić information content (AvgIpc) is 2.76. The lowest BCUT2D eigenvalue weighted by molar-refractivity contribution is -0.137. The van der Waals surface area contributed by atoms with Crippen LogP contribution >= 0.6 is 0 Å². The Kier molecular flexibility index (Phi) is 7.52. The molecular formula is C23H26F3N3O. The summed E-state index contributed by atoms with van der Waals surface area (Å²) < 4.78 is 37.7. The van der Waals surface area contributed by atoms with Gasteiger partial charge >= 0.3 is 6.18 Å². The van der Waals surface area contributed by atoms with Crippen molar-refractivity contribution in [2.24, 2.45) is 0 Å². The van der Waals surface area contributed by atoms with E-state index in [1.54, 1.807) is 0 Å². The first-order valence-electron chi connectivity index (χ1n) is 10.1. The maximum absolute atomic E-state index is 12.6. The van der Waals surface area contributed by atoms with Crippen LogP contribution in [-0.4, -0.2) is 50.1 Å². The molecule has 0 radical (unpaired) electrons. The topological polar surface area (TPSA) is 35.6 Å². The predicted octanol–water partition coefficient (Wildman–Crippen LogP) is 4.05. The maximum atomic E-state index is 12.6. The quantitative estimate of drug-likeness (QED) is 0.546. The Bertz CT molecular complexity index is 827. The number of rotatable bonds is 7. The summed E-state index contributed by atoms with van der Waals surface area (Å²) in [7, 11) is 0. The monoisotopic (exact) mass is 417 g/mol. The molecule has 0 unspecified atom stereocenters. The normalized spacial score (nSPS) is 15.5. The molecule has 1 saturated heterocycles. The maximum Gasteiger partial charge on any atom is 0.416 e. The van der Waals surface area contributed by atoms with Crippen molar-refractivity contribution in [3.63, 3.8) is 0 Å². The fraction of sp³-hybridized carbons (Fsp3) is 0.348. The molecule has 0 aliphatic carbocycles. The van der Waals surface area contributed by atoms with Gasteiger partial charge in [-0.15, -0.1) is 0 Å². The number of hydrogen-bond acceptors (Lipinski definition) is 3. The molecule has 1 fully saturated rings. The molecule has 2 aromatic rings. The number of para-hydroxylation sites is 1. The molecule has 1 amide bonds. The lowest BCUT2D eigenvalue weighted by Gasteiger charge is -2.36. The Balaban J connectivity index is 1.32. The van der Waals surface area contributed by atoms with Crippen molar-refractivity contribution in [2.75, 3.05) is 44.2 Å². The highest BCUT2D eigenvalue weighted by Crippen LogP contribution is 2.29. The van der Waals surface area contributed by atoms with Gasteiger partial charge in [-0.05, 0) is 48.9 Å². The molecule has 0 bridgehead atoms. The highest BCUT2D eigenvalue weighted by atomic mass is 19.4. The first kappa shape index (κ1) is 21.9. The predicted molar refractivity (Wildman–Crippen MR) is 113 cm³/mol. The number of nitrogens with zero attached hydrogens (tertiary/aromatic N) is 2. The Morgan fingerprint density at radius 3 is 2.27 bits per heavy atom. The third kappa shape index (κ3) is 6.62. The first-order chi connectivity index (χ1) is 14.4. The lowest BCUT2D eigenvalue weighted by Crippen LogP contribution is -2.47. The van der Waals surface area contributed by atoms with E-state index < -0.39 is 11.7 Å². The minimum absolute atomic E-state index is 0.246. The van der Waals surface area contributed by atoms with Crippen molar-refractivity contribution < 1.29 is 18.0 Å². The summed E-state index contributed by atoms with van der Waals surface area (Å²) >= 11 is 0. The van der Waals surface area contributed by atoms with Crippen LogP contribution in [0, 0.1) is 0 Å². The van der Waals surface area contributed by atoms with Gasteiger partial charge in [0.25, 0.3) is 0 Å². The summed E-state index contributed by atoms with van der Waals surface area (Å²) in [4.78, 5) is 16.7. The summed E-state index contributed by atoms with van der Waals surface area (Å²) in [5, 5.41) is 2.82. The van der Waals surface area contributed by atoms with Gasteiger partial charge in [-0.2, -0.15) is 13.2 Å². The molecule has 0 aromatic heterocycles. The van der Waals surface area contributed by atoms with Crippen LogP contribution in [0.2, 0.25) is 0 Å². The highest BCUT2D eigenvalue weighted by molar-refractivity contribution is 5.91. The average molecular weight is 417 g/mol. The molecule has 1 aliphatic heterocycles. The molecule has 4 nitrogen and oxygen atoms in total. The molecule has 3 rings (SSSR count). The smallest absolute Gasteiger partial charge is 0.369 e. The van der Waals surface area contributed by atoms with Gasteiger partial charge in [0.05, 0.1) is 5.56 Å². The molecule has 160 valence electrons. The molecule has 30 heavy (non-hydrogen) atoms. The summed E-state index contributed by atoms with van der Waals surface area (Å²) in [5.41, 5.74) is 1.10. The number of piperazine rings is 1. The number of halogens is 3. The molecule has 7 heteroatoms. The van der Waals surface area contributed by atoms with E-state index >= 15 is 0 Å². The van der Waals surface area contributed by atoms with Gasteiger partial charge in [-0.1, -0.05) is 30.3 Å². The number of amides is 1. The Morgan fingerprint density at radius 1 is 0.967 bits per heavy atom. The number of alkyl halides is 3. The van der Waals surface area contributed by atoms with Gasteiger partial charge < -0.3 is 10.2 Å². The zero-order chi connectivity index (χ0) is 21.4. The second-order valence-corrected chi connectivity index (χ2v) is 7.26. The standard InChI is InChI=1S/C23H26F3N3O/c24-23(25,26)20-10-7-19(8-11-20)9-12-22(30)27-13-4-14-28-15-17-29(18-16-28)21-5-2-1-3-6-21/h1-3,5-12H,4,13-18H2,(H,27,30)/b12-9+.